The van der Waals surface area contributed by atoms with E-state index in [1.165, 1.54) is 0 Å². The largest absolute Gasteiger partial charge is 0.326 e. The molecule has 116 valence electrons. The molecule has 1 aromatic rings. The van der Waals surface area contributed by atoms with Crippen molar-refractivity contribution in [2.45, 2.75) is 54.1 Å². The third-order valence-electron chi connectivity index (χ3n) is 5.47. The van der Waals surface area contributed by atoms with Gasteiger partial charge in [-0.15, -0.1) is 0 Å². The van der Waals surface area contributed by atoms with Gasteiger partial charge in [0.1, 0.15) is 0 Å². The maximum atomic E-state index is 13.0. The van der Waals surface area contributed by atoms with Crippen molar-refractivity contribution >= 4 is 11.6 Å². The molecule has 0 radical (unpaired) electrons. The van der Waals surface area contributed by atoms with E-state index in [0.29, 0.717) is 6.54 Å². The summed E-state index contributed by atoms with van der Waals surface area (Å²) >= 11 is 0. The van der Waals surface area contributed by atoms with Crippen LogP contribution in [0, 0.1) is 16.7 Å². The van der Waals surface area contributed by atoms with Crippen LogP contribution in [0.3, 0.4) is 0 Å². The molecule has 0 bridgehead atoms. The summed E-state index contributed by atoms with van der Waals surface area (Å²) in [5, 5.41) is 0. The molecule has 0 aromatic heterocycles. The number of nitrogens with zero attached hydrogens (tertiary/aromatic N) is 1. The highest BCUT2D eigenvalue weighted by Gasteiger charge is 2.69. The van der Waals surface area contributed by atoms with Crippen LogP contribution in [0.15, 0.2) is 24.3 Å². The summed E-state index contributed by atoms with van der Waals surface area (Å²) in [4.78, 5) is 15.0. The quantitative estimate of drug-likeness (QED) is 0.920. The Morgan fingerprint density at radius 2 is 1.62 bits per heavy atom. The van der Waals surface area contributed by atoms with E-state index in [1.807, 2.05) is 29.2 Å². The SMILES string of the molecule is CC(C)N(C(=O)C1C(C)(C)C1(C)C)c1ccc(CN)cc1. The van der Waals surface area contributed by atoms with E-state index < -0.39 is 0 Å². The van der Waals surface area contributed by atoms with Crippen molar-refractivity contribution in [1.29, 1.82) is 0 Å². The fourth-order valence-corrected chi connectivity index (χ4v) is 3.43. The molecule has 2 rings (SSSR count). The second-order valence-corrected chi connectivity index (χ2v) is 7.55. The first-order valence-corrected chi connectivity index (χ1v) is 7.76. The summed E-state index contributed by atoms with van der Waals surface area (Å²) < 4.78 is 0. The Morgan fingerprint density at radius 1 is 1.14 bits per heavy atom. The van der Waals surface area contributed by atoms with Gasteiger partial charge in [0.25, 0.3) is 0 Å². The summed E-state index contributed by atoms with van der Waals surface area (Å²) in [6.07, 6.45) is 0. The van der Waals surface area contributed by atoms with Crippen LogP contribution < -0.4 is 10.6 Å². The number of hydrogen-bond donors (Lipinski definition) is 1. The van der Waals surface area contributed by atoms with Gasteiger partial charge in [-0.1, -0.05) is 39.8 Å². The molecule has 0 aliphatic heterocycles. The number of benzene rings is 1. The number of rotatable bonds is 4. The predicted molar refractivity (Wildman–Crippen MR) is 88.0 cm³/mol. The number of amides is 1. The second kappa shape index (κ2) is 5.13. The van der Waals surface area contributed by atoms with Crippen LogP contribution in [0.4, 0.5) is 5.69 Å². The average Bonchev–Trinajstić information content (AvgIpc) is 2.80. The zero-order valence-corrected chi connectivity index (χ0v) is 14.1. The summed E-state index contributed by atoms with van der Waals surface area (Å²) in [6.45, 7) is 13.4. The van der Waals surface area contributed by atoms with Gasteiger partial charge in [-0.3, -0.25) is 4.79 Å². The van der Waals surface area contributed by atoms with Gasteiger partial charge in [0.15, 0.2) is 0 Å². The van der Waals surface area contributed by atoms with Gasteiger partial charge in [-0.25, -0.2) is 0 Å². The maximum Gasteiger partial charge on any atom is 0.231 e. The van der Waals surface area contributed by atoms with Gasteiger partial charge in [0, 0.05) is 24.2 Å². The van der Waals surface area contributed by atoms with Crippen molar-refractivity contribution in [2.75, 3.05) is 4.90 Å². The van der Waals surface area contributed by atoms with Crippen LogP contribution >= 0.6 is 0 Å². The van der Waals surface area contributed by atoms with Crippen molar-refractivity contribution in [2.24, 2.45) is 22.5 Å². The standard InChI is InChI=1S/C18H28N2O/c1-12(2)20(14-9-7-13(11-19)8-10-14)16(21)15-17(3,4)18(15,5)6/h7-10,12,15H,11,19H2,1-6H3. The number of carbonyl (C=O) groups excluding carboxylic acids is 1. The van der Waals surface area contributed by atoms with E-state index >= 15 is 0 Å². The molecular formula is C18H28N2O. The van der Waals surface area contributed by atoms with Crippen LogP contribution in [0.2, 0.25) is 0 Å². The molecule has 0 heterocycles. The molecule has 1 amide bonds. The molecule has 1 aliphatic rings. The molecule has 0 saturated heterocycles. The summed E-state index contributed by atoms with van der Waals surface area (Å²) in [5.74, 6) is 0.321. The molecule has 1 aromatic carbocycles. The lowest BCUT2D eigenvalue weighted by molar-refractivity contribution is -0.121. The van der Waals surface area contributed by atoms with Gasteiger partial charge in [0.05, 0.1) is 0 Å². The maximum absolute atomic E-state index is 13.0. The number of carbonyl (C=O) groups is 1. The lowest BCUT2D eigenvalue weighted by Gasteiger charge is -2.28. The third-order valence-corrected chi connectivity index (χ3v) is 5.47. The Kier molecular flexibility index (Phi) is 3.92. The lowest BCUT2D eigenvalue weighted by Crippen LogP contribution is -2.39. The first-order chi connectivity index (χ1) is 9.64. The normalized spacial score (nSPS) is 19.6. The van der Waals surface area contributed by atoms with Crippen LogP contribution in [0.1, 0.15) is 47.1 Å². The van der Waals surface area contributed by atoms with Gasteiger partial charge in [-0.2, -0.15) is 0 Å². The second-order valence-electron chi connectivity index (χ2n) is 7.55. The molecule has 1 saturated carbocycles. The first-order valence-electron chi connectivity index (χ1n) is 7.76. The van der Waals surface area contributed by atoms with E-state index in [0.717, 1.165) is 11.3 Å². The Bertz CT molecular complexity index is 515. The van der Waals surface area contributed by atoms with Crippen LogP contribution in [-0.4, -0.2) is 11.9 Å². The molecule has 3 nitrogen and oxygen atoms in total. The minimum atomic E-state index is 0.0639. The number of anilines is 1. The molecule has 2 N–H and O–H groups in total. The Morgan fingerprint density at radius 3 is 1.95 bits per heavy atom. The average molecular weight is 288 g/mol. The van der Waals surface area contributed by atoms with E-state index in [9.17, 15) is 4.79 Å². The minimum Gasteiger partial charge on any atom is -0.326 e. The Balaban J connectivity index is 2.30. The summed E-state index contributed by atoms with van der Waals surface area (Å²) in [6, 6.07) is 8.15. The lowest BCUT2D eigenvalue weighted by atomic mass is 10.0. The Labute approximate surface area is 128 Å². The summed E-state index contributed by atoms with van der Waals surface area (Å²) in [5.41, 5.74) is 7.82. The molecule has 0 spiro atoms. The van der Waals surface area contributed by atoms with Crippen molar-refractivity contribution in [3.8, 4) is 0 Å². The van der Waals surface area contributed by atoms with Gasteiger partial charge in [-0.05, 0) is 42.4 Å². The van der Waals surface area contributed by atoms with E-state index in [4.69, 9.17) is 5.73 Å². The molecule has 1 aliphatic carbocycles. The van der Waals surface area contributed by atoms with Crippen LogP contribution in [0.5, 0.6) is 0 Å². The van der Waals surface area contributed by atoms with Crippen molar-refractivity contribution < 1.29 is 4.79 Å². The molecule has 0 atom stereocenters. The predicted octanol–water partition coefficient (Wildman–Crippen LogP) is 3.57. The molecule has 3 heteroatoms. The minimum absolute atomic E-state index is 0.0639. The van der Waals surface area contributed by atoms with Crippen LogP contribution in [-0.2, 0) is 11.3 Å². The molecule has 21 heavy (non-hydrogen) atoms. The Hall–Kier alpha value is -1.35. The first kappa shape index (κ1) is 16.0. The monoisotopic (exact) mass is 288 g/mol. The zero-order valence-electron chi connectivity index (χ0n) is 14.1. The third kappa shape index (κ3) is 2.48. The smallest absolute Gasteiger partial charge is 0.231 e. The molecule has 1 fully saturated rings. The van der Waals surface area contributed by atoms with Crippen LogP contribution in [0.25, 0.3) is 0 Å². The zero-order chi connectivity index (χ0) is 16.0. The van der Waals surface area contributed by atoms with Gasteiger partial charge >= 0.3 is 0 Å². The van der Waals surface area contributed by atoms with Crippen molar-refractivity contribution in [3.05, 3.63) is 29.8 Å². The number of nitrogens with two attached hydrogens (primary N) is 1. The van der Waals surface area contributed by atoms with Gasteiger partial charge < -0.3 is 10.6 Å². The molecule has 0 unspecified atom stereocenters. The van der Waals surface area contributed by atoms with Gasteiger partial charge in [0.2, 0.25) is 5.91 Å². The highest BCUT2D eigenvalue weighted by Crippen LogP contribution is 2.69. The topological polar surface area (TPSA) is 46.3 Å². The molecular weight excluding hydrogens is 260 g/mol. The highest BCUT2D eigenvalue weighted by atomic mass is 16.2. The fraction of sp³-hybridized carbons (Fsp3) is 0.611. The highest BCUT2D eigenvalue weighted by molar-refractivity contribution is 5.98. The van der Waals surface area contributed by atoms with Crippen molar-refractivity contribution in [3.63, 3.8) is 0 Å². The summed E-state index contributed by atoms with van der Waals surface area (Å²) in [7, 11) is 0. The van der Waals surface area contributed by atoms with E-state index in [1.54, 1.807) is 0 Å². The number of hydrogen-bond acceptors (Lipinski definition) is 2. The van der Waals surface area contributed by atoms with E-state index in [2.05, 4.69) is 41.5 Å². The fourth-order valence-electron chi connectivity index (χ4n) is 3.43. The van der Waals surface area contributed by atoms with Crippen molar-refractivity contribution in [1.82, 2.24) is 0 Å². The van der Waals surface area contributed by atoms with E-state index in [-0.39, 0.29) is 28.7 Å².